The maximum atomic E-state index is 11.5. The highest BCUT2D eigenvalue weighted by Crippen LogP contribution is 2.17. The van der Waals surface area contributed by atoms with Crippen LogP contribution < -0.4 is 5.73 Å². The van der Waals surface area contributed by atoms with Gasteiger partial charge in [0.05, 0.1) is 0 Å². The van der Waals surface area contributed by atoms with Crippen LogP contribution >= 0.6 is 11.8 Å². The molecule has 74 valence electrons. The van der Waals surface area contributed by atoms with E-state index in [1.165, 1.54) is 0 Å². The molecule has 1 unspecified atom stereocenters. The molecule has 0 aromatic carbocycles. The van der Waals surface area contributed by atoms with Crippen molar-refractivity contribution in [1.29, 1.82) is 0 Å². The predicted molar refractivity (Wildman–Crippen MR) is 56.7 cm³/mol. The number of amides is 1. The summed E-state index contributed by atoms with van der Waals surface area (Å²) in [6.45, 7) is 4.31. The van der Waals surface area contributed by atoms with Crippen LogP contribution in [-0.4, -0.2) is 41.4 Å². The molecule has 13 heavy (non-hydrogen) atoms. The molecule has 0 bridgehead atoms. The second-order valence-corrected chi connectivity index (χ2v) is 4.65. The lowest BCUT2D eigenvalue weighted by atomic mass is 10.3. The number of rotatable bonds is 2. The Morgan fingerprint density at radius 2 is 2.54 bits per heavy atom. The smallest absolute Gasteiger partial charge is 0.246 e. The molecule has 1 saturated heterocycles. The fourth-order valence-electron chi connectivity index (χ4n) is 1.29. The Kier molecular flexibility index (Phi) is 4.32. The Bertz CT molecular complexity index is 206. The molecule has 1 atom stereocenters. The van der Waals surface area contributed by atoms with Gasteiger partial charge in [-0.1, -0.05) is 13.0 Å². The second-order valence-electron chi connectivity index (χ2n) is 3.10. The van der Waals surface area contributed by atoms with Gasteiger partial charge in [0.25, 0.3) is 0 Å². The van der Waals surface area contributed by atoms with Crippen molar-refractivity contribution in [3.63, 3.8) is 0 Å². The van der Waals surface area contributed by atoms with E-state index in [4.69, 9.17) is 5.73 Å². The first-order valence-corrected chi connectivity index (χ1v) is 5.56. The van der Waals surface area contributed by atoms with Gasteiger partial charge in [-0.3, -0.25) is 4.79 Å². The lowest BCUT2D eigenvalue weighted by Gasteiger charge is -2.29. The summed E-state index contributed by atoms with van der Waals surface area (Å²) in [5.74, 6) is 1.14. The van der Waals surface area contributed by atoms with Gasteiger partial charge in [0.15, 0.2) is 0 Å². The first-order valence-electron chi connectivity index (χ1n) is 4.51. The highest BCUT2D eigenvalue weighted by Gasteiger charge is 2.18. The van der Waals surface area contributed by atoms with Gasteiger partial charge >= 0.3 is 0 Å². The molecule has 1 rings (SSSR count). The quantitative estimate of drug-likeness (QED) is 0.659. The number of hydrogen-bond donors (Lipinski definition) is 1. The van der Waals surface area contributed by atoms with Crippen LogP contribution in [0.15, 0.2) is 12.2 Å². The van der Waals surface area contributed by atoms with Gasteiger partial charge in [-0.2, -0.15) is 11.8 Å². The minimum Gasteiger partial charge on any atom is -0.337 e. The number of hydrogen-bond acceptors (Lipinski definition) is 3. The third-order valence-electron chi connectivity index (χ3n) is 1.95. The van der Waals surface area contributed by atoms with Crippen LogP contribution in [0.1, 0.15) is 6.92 Å². The molecule has 1 fully saturated rings. The van der Waals surface area contributed by atoms with Gasteiger partial charge in [-0.25, -0.2) is 0 Å². The Morgan fingerprint density at radius 3 is 3.15 bits per heavy atom. The number of carbonyl (C=O) groups excluding carboxylic acids is 1. The standard InChI is InChI=1S/C9H16N2OS/c1-8-7-11(5-6-13-8)9(12)3-2-4-10/h2-3,8H,4-7,10H2,1H3/b3-2+. The van der Waals surface area contributed by atoms with E-state index in [1.807, 2.05) is 16.7 Å². The summed E-state index contributed by atoms with van der Waals surface area (Å²) in [6, 6.07) is 0. The largest absolute Gasteiger partial charge is 0.337 e. The predicted octanol–water partition coefficient (Wildman–Crippen LogP) is 0.465. The van der Waals surface area contributed by atoms with Crippen LogP contribution in [0.2, 0.25) is 0 Å². The summed E-state index contributed by atoms with van der Waals surface area (Å²) < 4.78 is 0. The average molecular weight is 200 g/mol. The maximum Gasteiger partial charge on any atom is 0.246 e. The first kappa shape index (κ1) is 10.6. The van der Waals surface area contributed by atoms with Crippen molar-refractivity contribution >= 4 is 17.7 Å². The molecule has 1 amide bonds. The van der Waals surface area contributed by atoms with Crippen molar-refractivity contribution in [3.05, 3.63) is 12.2 Å². The molecule has 0 spiro atoms. The third-order valence-corrected chi connectivity index (χ3v) is 3.09. The van der Waals surface area contributed by atoms with E-state index in [-0.39, 0.29) is 5.91 Å². The van der Waals surface area contributed by atoms with E-state index >= 15 is 0 Å². The van der Waals surface area contributed by atoms with Crippen molar-refractivity contribution in [2.45, 2.75) is 12.2 Å². The summed E-state index contributed by atoms with van der Waals surface area (Å²) in [7, 11) is 0. The van der Waals surface area contributed by atoms with Crippen molar-refractivity contribution in [1.82, 2.24) is 4.90 Å². The van der Waals surface area contributed by atoms with E-state index < -0.39 is 0 Å². The lowest BCUT2D eigenvalue weighted by molar-refractivity contribution is -0.125. The molecular weight excluding hydrogens is 184 g/mol. The van der Waals surface area contributed by atoms with Gasteiger partial charge in [0.1, 0.15) is 0 Å². The van der Waals surface area contributed by atoms with E-state index in [9.17, 15) is 4.79 Å². The van der Waals surface area contributed by atoms with Crippen LogP contribution in [0.4, 0.5) is 0 Å². The zero-order valence-electron chi connectivity index (χ0n) is 7.90. The minimum absolute atomic E-state index is 0.0950. The van der Waals surface area contributed by atoms with Gasteiger partial charge in [-0.05, 0) is 0 Å². The minimum atomic E-state index is 0.0950. The zero-order chi connectivity index (χ0) is 9.68. The molecule has 2 N–H and O–H groups in total. The number of nitrogens with zero attached hydrogens (tertiary/aromatic N) is 1. The van der Waals surface area contributed by atoms with Crippen molar-refractivity contribution in [2.24, 2.45) is 5.73 Å². The molecule has 1 aliphatic heterocycles. The molecule has 0 saturated carbocycles. The summed E-state index contributed by atoms with van der Waals surface area (Å²) >= 11 is 1.92. The molecule has 0 aromatic heterocycles. The van der Waals surface area contributed by atoms with Crippen molar-refractivity contribution in [2.75, 3.05) is 25.4 Å². The highest BCUT2D eigenvalue weighted by atomic mass is 32.2. The Morgan fingerprint density at radius 1 is 1.77 bits per heavy atom. The molecule has 4 heteroatoms. The number of thioether (sulfide) groups is 1. The van der Waals surface area contributed by atoms with Gasteiger partial charge < -0.3 is 10.6 Å². The normalized spacial score (nSPS) is 23.8. The molecule has 0 aromatic rings. The number of nitrogens with two attached hydrogens (primary N) is 1. The second kappa shape index (κ2) is 5.29. The summed E-state index contributed by atoms with van der Waals surface area (Å²) in [4.78, 5) is 13.4. The maximum absolute atomic E-state index is 11.5. The van der Waals surface area contributed by atoms with Crippen LogP contribution in [0.25, 0.3) is 0 Å². The SMILES string of the molecule is CC1CN(C(=O)/C=C/CN)CCS1. The van der Waals surface area contributed by atoms with Crippen LogP contribution in [0.5, 0.6) is 0 Å². The number of carbonyl (C=O) groups is 1. The van der Waals surface area contributed by atoms with Gasteiger partial charge in [0.2, 0.25) is 5.91 Å². The van der Waals surface area contributed by atoms with E-state index in [2.05, 4.69) is 6.92 Å². The fraction of sp³-hybridized carbons (Fsp3) is 0.667. The van der Waals surface area contributed by atoms with Crippen LogP contribution in [0.3, 0.4) is 0 Å². The lowest BCUT2D eigenvalue weighted by Crippen LogP contribution is -2.40. The topological polar surface area (TPSA) is 46.3 Å². The third kappa shape index (κ3) is 3.40. The van der Waals surface area contributed by atoms with E-state index in [0.717, 1.165) is 18.8 Å². The molecule has 0 aliphatic carbocycles. The van der Waals surface area contributed by atoms with Crippen molar-refractivity contribution < 1.29 is 4.79 Å². The van der Waals surface area contributed by atoms with Crippen LogP contribution in [-0.2, 0) is 4.79 Å². The monoisotopic (exact) mass is 200 g/mol. The molecule has 0 radical (unpaired) electrons. The first-order chi connectivity index (χ1) is 6.24. The van der Waals surface area contributed by atoms with E-state index in [0.29, 0.717) is 11.8 Å². The molecular formula is C9H16N2OS. The Hall–Kier alpha value is -0.480. The zero-order valence-corrected chi connectivity index (χ0v) is 8.72. The van der Waals surface area contributed by atoms with Crippen molar-refractivity contribution in [3.8, 4) is 0 Å². The molecule has 1 aliphatic rings. The Balaban J connectivity index is 2.41. The molecule has 1 heterocycles. The fourth-order valence-corrected chi connectivity index (χ4v) is 2.31. The van der Waals surface area contributed by atoms with Gasteiger partial charge in [-0.15, -0.1) is 0 Å². The Labute approximate surface area is 83.3 Å². The summed E-state index contributed by atoms with van der Waals surface area (Å²) in [5, 5.41) is 0.559. The van der Waals surface area contributed by atoms with Gasteiger partial charge in [0, 0.05) is 36.7 Å². The summed E-state index contributed by atoms with van der Waals surface area (Å²) in [6.07, 6.45) is 3.28. The highest BCUT2D eigenvalue weighted by molar-refractivity contribution is 7.99. The van der Waals surface area contributed by atoms with Crippen LogP contribution in [0, 0.1) is 0 Å². The average Bonchev–Trinajstić information content (AvgIpc) is 2.14. The van der Waals surface area contributed by atoms with E-state index in [1.54, 1.807) is 12.2 Å². The molecule has 3 nitrogen and oxygen atoms in total. The summed E-state index contributed by atoms with van der Waals surface area (Å²) in [5.41, 5.74) is 5.27.